The predicted molar refractivity (Wildman–Crippen MR) is 126 cm³/mol. The predicted octanol–water partition coefficient (Wildman–Crippen LogP) is 4.98. The third kappa shape index (κ3) is 3.54. The van der Waals surface area contributed by atoms with Crippen LogP contribution in [0.4, 0.5) is 17.1 Å². The molecule has 1 heterocycles. The van der Waals surface area contributed by atoms with Crippen LogP contribution in [0.25, 0.3) is 20.5 Å². The maximum atomic E-state index is 12.9. The molecule has 7 N–H and O–H groups in total. The molecule has 0 aliphatic carbocycles. The minimum atomic E-state index is -0.332. The molecular formula is C23H19N5OS. The zero-order valence-corrected chi connectivity index (χ0v) is 16.7. The average molecular weight is 414 g/mol. The summed E-state index contributed by atoms with van der Waals surface area (Å²) in [5, 5.41) is 19.1. The van der Waals surface area contributed by atoms with Crippen LogP contribution < -0.4 is 16.8 Å². The molecule has 0 spiro atoms. The first kappa shape index (κ1) is 19.4. The van der Waals surface area contributed by atoms with Crippen molar-refractivity contribution in [2.24, 2.45) is 0 Å². The third-order valence-corrected chi connectivity index (χ3v) is 5.97. The number of benzene rings is 3. The highest BCUT2D eigenvalue weighted by Crippen LogP contribution is 2.38. The van der Waals surface area contributed by atoms with E-state index in [-0.39, 0.29) is 5.91 Å². The monoisotopic (exact) mass is 413 g/mol. The molecule has 1 aromatic heterocycles. The molecule has 0 unspecified atom stereocenters. The molecular weight excluding hydrogens is 394 g/mol. The Labute approximate surface area is 177 Å². The van der Waals surface area contributed by atoms with Gasteiger partial charge < -0.3 is 27.6 Å². The van der Waals surface area contributed by atoms with Crippen LogP contribution in [-0.4, -0.2) is 18.3 Å². The molecule has 0 aliphatic heterocycles. The second-order valence-corrected chi connectivity index (χ2v) is 7.85. The molecule has 4 rings (SSSR count). The molecule has 6 nitrogen and oxygen atoms in total. The van der Waals surface area contributed by atoms with Gasteiger partial charge in [0.15, 0.2) is 0 Å². The highest BCUT2D eigenvalue weighted by Gasteiger charge is 2.16. The summed E-state index contributed by atoms with van der Waals surface area (Å²) >= 11 is 1.59. The largest absolute Gasteiger partial charge is 0.398 e. The lowest BCUT2D eigenvalue weighted by atomic mass is 10.0. The number of rotatable bonds is 5. The molecule has 0 fully saturated rings. The zero-order valence-electron chi connectivity index (χ0n) is 15.9. The van der Waals surface area contributed by atoms with Crippen molar-refractivity contribution in [2.75, 3.05) is 16.8 Å². The van der Waals surface area contributed by atoms with Crippen molar-refractivity contribution in [1.82, 2.24) is 0 Å². The molecule has 0 radical (unpaired) electrons. The number of anilines is 3. The molecule has 0 atom stereocenters. The maximum Gasteiger partial charge on any atom is 0.255 e. The standard InChI is InChI=1S/C23H19N5OS/c24-11-15-8-17(5-6-19(15)26)28-23(29)14-7-16(12-25)22(27)18(9-14)21-10-13-3-1-2-4-20(13)30-21/h1-12,24-25H,26-27H2,(H,28,29). The van der Waals surface area contributed by atoms with Crippen molar-refractivity contribution in [1.29, 1.82) is 10.8 Å². The van der Waals surface area contributed by atoms with E-state index in [0.29, 0.717) is 33.8 Å². The number of carbonyl (C=O) groups is 1. The van der Waals surface area contributed by atoms with Crippen LogP contribution in [-0.2, 0) is 0 Å². The molecule has 1 amide bonds. The van der Waals surface area contributed by atoms with Gasteiger partial charge in [0.1, 0.15) is 0 Å². The summed E-state index contributed by atoms with van der Waals surface area (Å²) in [7, 11) is 0. The summed E-state index contributed by atoms with van der Waals surface area (Å²) in [6.07, 6.45) is 2.29. The molecule has 0 saturated carbocycles. The van der Waals surface area contributed by atoms with E-state index < -0.39 is 0 Å². The topological polar surface area (TPSA) is 129 Å². The van der Waals surface area contributed by atoms with Crippen molar-refractivity contribution < 1.29 is 4.79 Å². The van der Waals surface area contributed by atoms with E-state index in [1.807, 2.05) is 30.3 Å². The van der Waals surface area contributed by atoms with Gasteiger partial charge >= 0.3 is 0 Å². The molecule has 3 aromatic carbocycles. The minimum Gasteiger partial charge on any atom is -0.398 e. The Bertz CT molecular complexity index is 1280. The quantitative estimate of drug-likeness (QED) is 0.234. The average Bonchev–Trinajstić information content (AvgIpc) is 3.19. The van der Waals surface area contributed by atoms with Gasteiger partial charge in [0.05, 0.1) is 0 Å². The molecule has 0 saturated heterocycles. The normalized spacial score (nSPS) is 10.7. The smallest absolute Gasteiger partial charge is 0.255 e. The van der Waals surface area contributed by atoms with Gasteiger partial charge in [-0.05, 0) is 47.9 Å². The van der Waals surface area contributed by atoms with Gasteiger partial charge in [-0.25, -0.2) is 0 Å². The van der Waals surface area contributed by atoms with Crippen molar-refractivity contribution in [3.63, 3.8) is 0 Å². The summed E-state index contributed by atoms with van der Waals surface area (Å²) in [6.45, 7) is 0. The lowest BCUT2D eigenvalue weighted by Crippen LogP contribution is -2.13. The first-order valence-electron chi connectivity index (χ1n) is 9.14. The fourth-order valence-electron chi connectivity index (χ4n) is 3.23. The number of hydrogen-bond donors (Lipinski definition) is 5. The van der Waals surface area contributed by atoms with Gasteiger partial charge in [0, 0.05) is 61.3 Å². The Kier molecular flexibility index (Phi) is 5.04. The van der Waals surface area contributed by atoms with Crippen molar-refractivity contribution >= 4 is 56.8 Å². The minimum absolute atomic E-state index is 0.332. The number of hydrogen-bond acceptors (Lipinski definition) is 6. The second kappa shape index (κ2) is 7.81. The van der Waals surface area contributed by atoms with Gasteiger partial charge in [0.2, 0.25) is 0 Å². The van der Waals surface area contributed by atoms with Crippen LogP contribution in [0, 0.1) is 10.8 Å². The third-order valence-electron chi connectivity index (χ3n) is 4.82. The van der Waals surface area contributed by atoms with Crippen LogP contribution in [0.2, 0.25) is 0 Å². The molecule has 4 aromatic rings. The van der Waals surface area contributed by atoms with Gasteiger partial charge in [-0.15, -0.1) is 11.3 Å². The molecule has 0 bridgehead atoms. The Morgan fingerprint density at radius 3 is 2.43 bits per heavy atom. The lowest BCUT2D eigenvalue weighted by molar-refractivity contribution is 0.102. The fraction of sp³-hybridized carbons (Fsp3) is 0. The highest BCUT2D eigenvalue weighted by atomic mass is 32.1. The van der Waals surface area contributed by atoms with Gasteiger partial charge in [-0.1, -0.05) is 18.2 Å². The van der Waals surface area contributed by atoms with E-state index in [4.69, 9.17) is 22.3 Å². The van der Waals surface area contributed by atoms with Gasteiger partial charge in [0.25, 0.3) is 5.91 Å². The van der Waals surface area contributed by atoms with Crippen LogP contribution >= 0.6 is 11.3 Å². The van der Waals surface area contributed by atoms with Gasteiger partial charge in [-0.3, -0.25) is 4.79 Å². The first-order chi connectivity index (χ1) is 14.5. The number of fused-ring (bicyclic) bond motifs is 1. The molecule has 30 heavy (non-hydrogen) atoms. The van der Waals surface area contributed by atoms with Crippen LogP contribution in [0.5, 0.6) is 0 Å². The summed E-state index contributed by atoms with van der Waals surface area (Å²) in [4.78, 5) is 13.9. The van der Waals surface area contributed by atoms with Gasteiger partial charge in [-0.2, -0.15) is 0 Å². The van der Waals surface area contributed by atoms with E-state index in [1.54, 1.807) is 41.7 Å². The zero-order chi connectivity index (χ0) is 21.3. The SMILES string of the molecule is N=Cc1cc(NC(=O)c2cc(C=N)c(N)c(-c3cc4ccccc4s3)c2)ccc1N. The van der Waals surface area contributed by atoms with Crippen LogP contribution in [0.3, 0.4) is 0 Å². The Hall–Kier alpha value is -3.97. The Morgan fingerprint density at radius 2 is 1.70 bits per heavy atom. The highest BCUT2D eigenvalue weighted by molar-refractivity contribution is 7.22. The Morgan fingerprint density at radius 1 is 0.933 bits per heavy atom. The summed E-state index contributed by atoms with van der Waals surface area (Å²) in [6, 6.07) is 18.4. The number of nitrogens with one attached hydrogen (secondary N) is 3. The van der Waals surface area contributed by atoms with Crippen LogP contribution in [0.15, 0.2) is 60.7 Å². The van der Waals surface area contributed by atoms with E-state index in [1.165, 1.54) is 0 Å². The number of thiophene rings is 1. The molecule has 148 valence electrons. The lowest BCUT2D eigenvalue weighted by Gasteiger charge is -2.12. The number of nitrogens with two attached hydrogens (primary N) is 2. The molecule has 0 aliphatic rings. The maximum absolute atomic E-state index is 12.9. The van der Waals surface area contributed by atoms with Crippen molar-refractivity contribution in [3.8, 4) is 10.4 Å². The van der Waals surface area contributed by atoms with Crippen LogP contribution in [0.1, 0.15) is 21.5 Å². The first-order valence-corrected chi connectivity index (χ1v) is 9.96. The summed E-state index contributed by atoms with van der Waals surface area (Å²) in [5.74, 6) is -0.332. The van der Waals surface area contributed by atoms with Crippen molar-refractivity contribution in [2.45, 2.75) is 0 Å². The number of nitrogen functional groups attached to an aromatic ring is 2. The van der Waals surface area contributed by atoms with E-state index in [0.717, 1.165) is 33.0 Å². The van der Waals surface area contributed by atoms with E-state index in [9.17, 15) is 4.79 Å². The number of amides is 1. The van der Waals surface area contributed by atoms with E-state index >= 15 is 0 Å². The van der Waals surface area contributed by atoms with E-state index in [2.05, 4.69) is 5.32 Å². The second-order valence-electron chi connectivity index (χ2n) is 6.76. The fourth-order valence-corrected chi connectivity index (χ4v) is 4.32. The Balaban J connectivity index is 1.75. The summed E-state index contributed by atoms with van der Waals surface area (Å²) in [5.41, 5.74) is 15.7. The molecule has 7 heteroatoms. The summed E-state index contributed by atoms with van der Waals surface area (Å²) < 4.78 is 1.12. The van der Waals surface area contributed by atoms with Crippen molar-refractivity contribution in [3.05, 3.63) is 77.4 Å². The number of carbonyl (C=O) groups excluding carboxylic acids is 1.